The first-order valence-corrected chi connectivity index (χ1v) is 8.19. The summed E-state index contributed by atoms with van der Waals surface area (Å²) in [6, 6.07) is 6.17. The van der Waals surface area contributed by atoms with Crippen molar-refractivity contribution < 1.29 is 0 Å². The second-order valence-electron chi connectivity index (χ2n) is 6.43. The summed E-state index contributed by atoms with van der Waals surface area (Å²) in [4.78, 5) is 2.55. The van der Waals surface area contributed by atoms with Gasteiger partial charge in [-0.25, -0.2) is 0 Å². The Morgan fingerprint density at radius 2 is 2.10 bits per heavy atom. The fourth-order valence-electron chi connectivity index (χ4n) is 3.40. The first-order valence-electron chi connectivity index (χ1n) is 7.43. The molecule has 2 unspecified atom stereocenters. The van der Waals surface area contributed by atoms with Gasteiger partial charge >= 0.3 is 0 Å². The summed E-state index contributed by atoms with van der Waals surface area (Å²) in [5, 5.41) is 5.20. The lowest BCUT2D eigenvalue weighted by Gasteiger charge is -2.44. The van der Waals surface area contributed by atoms with Gasteiger partial charge in [0.25, 0.3) is 0 Å². The lowest BCUT2D eigenvalue weighted by molar-refractivity contribution is 0.0946. The molecule has 1 aliphatic carbocycles. The van der Waals surface area contributed by atoms with Gasteiger partial charge in [-0.3, -0.25) is 4.90 Å². The molecule has 0 spiro atoms. The highest BCUT2D eigenvalue weighted by Crippen LogP contribution is 2.42. The Bertz CT molecular complexity index is 501. The standard InChI is InChI=1S/C16H22Cl2N2/c1-11(14-6-5-13(17)9-15(14)18)20-8-7-19-16(2,10-20)12-3-4-12/h5-6,9,11-12,19H,3-4,7-8,10H2,1-2H3. The normalized spacial score (nSPS) is 29.4. The molecule has 2 atom stereocenters. The van der Waals surface area contributed by atoms with Crippen LogP contribution in [-0.2, 0) is 0 Å². The largest absolute Gasteiger partial charge is 0.309 e. The zero-order valence-corrected chi connectivity index (χ0v) is 13.6. The zero-order valence-electron chi connectivity index (χ0n) is 12.1. The number of halogens is 2. The smallest absolute Gasteiger partial charge is 0.0468 e. The number of rotatable bonds is 3. The van der Waals surface area contributed by atoms with Gasteiger partial charge in [0.1, 0.15) is 0 Å². The Kier molecular flexibility index (Phi) is 4.02. The van der Waals surface area contributed by atoms with Crippen LogP contribution in [0.1, 0.15) is 38.3 Å². The van der Waals surface area contributed by atoms with Crippen LogP contribution in [0.2, 0.25) is 10.0 Å². The fraction of sp³-hybridized carbons (Fsp3) is 0.625. The molecule has 3 rings (SSSR count). The van der Waals surface area contributed by atoms with E-state index in [2.05, 4.69) is 30.1 Å². The van der Waals surface area contributed by atoms with Gasteiger partial charge in [0.05, 0.1) is 0 Å². The minimum absolute atomic E-state index is 0.269. The maximum atomic E-state index is 6.36. The Labute approximate surface area is 131 Å². The van der Waals surface area contributed by atoms with E-state index in [1.807, 2.05) is 12.1 Å². The molecule has 110 valence electrons. The van der Waals surface area contributed by atoms with Gasteiger partial charge in [0.15, 0.2) is 0 Å². The van der Waals surface area contributed by atoms with Crippen LogP contribution in [-0.4, -0.2) is 30.1 Å². The van der Waals surface area contributed by atoms with Gasteiger partial charge in [0, 0.05) is 41.3 Å². The van der Waals surface area contributed by atoms with Crippen LogP contribution >= 0.6 is 23.2 Å². The maximum Gasteiger partial charge on any atom is 0.0468 e. The van der Waals surface area contributed by atoms with Crippen LogP contribution in [0.25, 0.3) is 0 Å². The van der Waals surface area contributed by atoms with Crippen molar-refractivity contribution in [2.75, 3.05) is 19.6 Å². The first-order chi connectivity index (χ1) is 9.49. The summed E-state index contributed by atoms with van der Waals surface area (Å²) < 4.78 is 0. The van der Waals surface area contributed by atoms with Crippen LogP contribution in [0, 0.1) is 5.92 Å². The average Bonchev–Trinajstić information content (AvgIpc) is 3.23. The van der Waals surface area contributed by atoms with Gasteiger partial charge in [-0.05, 0) is 50.3 Å². The summed E-state index contributed by atoms with van der Waals surface area (Å²) in [6.45, 7) is 7.84. The van der Waals surface area contributed by atoms with Gasteiger partial charge < -0.3 is 5.32 Å². The van der Waals surface area contributed by atoms with E-state index >= 15 is 0 Å². The quantitative estimate of drug-likeness (QED) is 0.903. The van der Waals surface area contributed by atoms with Crippen molar-refractivity contribution in [3.8, 4) is 0 Å². The molecule has 1 N–H and O–H groups in total. The third kappa shape index (κ3) is 2.85. The van der Waals surface area contributed by atoms with E-state index in [0.717, 1.165) is 30.6 Å². The topological polar surface area (TPSA) is 15.3 Å². The van der Waals surface area contributed by atoms with Crippen LogP contribution in [0.4, 0.5) is 0 Å². The van der Waals surface area contributed by atoms with E-state index in [9.17, 15) is 0 Å². The number of hydrogen-bond donors (Lipinski definition) is 1. The van der Waals surface area contributed by atoms with Gasteiger partial charge in [0.2, 0.25) is 0 Å². The molecule has 1 aromatic carbocycles. The second-order valence-corrected chi connectivity index (χ2v) is 7.27. The molecule has 1 saturated heterocycles. The predicted octanol–water partition coefficient (Wildman–Crippen LogP) is 4.13. The third-order valence-electron chi connectivity index (χ3n) is 4.90. The Balaban J connectivity index is 1.77. The van der Waals surface area contributed by atoms with E-state index in [1.165, 1.54) is 18.4 Å². The number of nitrogens with zero attached hydrogens (tertiary/aromatic N) is 1. The molecule has 0 amide bonds. The number of piperazine rings is 1. The first kappa shape index (κ1) is 14.6. The van der Waals surface area contributed by atoms with Crippen molar-refractivity contribution in [1.82, 2.24) is 10.2 Å². The summed E-state index contributed by atoms with van der Waals surface area (Å²) in [6.07, 6.45) is 2.74. The molecule has 2 nitrogen and oxygen atoms in total. The van der Waals surface area contributed by atoms with Gasteiger partial charge in [-0.15, -0.1) is 0 Å². The summed E-state index contributed by atoms with van der Waals surface area (Å²) in [7, 11) is 0. The van der Waals surface area contributed by atoms with Crippen molar-refractivity contribution >= 4 is 23.2 Å². The minimum atomic E-state index is 0.269. The zero-order chi connectivity index (χ0) is 14.3. The second kappa shape index (κ2) is 5.49. The molecule has 1 aromatic rings. The van der Waals surface area contributed by atoms with Crippen molar-refractivity contribution in [3.05, 3.63) is 33.8 Å². The number of hydrogen-bond acceptors (Lipinski definition) is 2. The molecule has 2 aliphatic rings. The molecule has 1 heterocycles. The van der Waals surface area contributed by atoms with E-state index < -0.39 is 0 Å². The van der Waals surface area contributed by atoms with Crippen molar-refractivity contribution in [2.24, 2.45) is 5.92 Å². The van der Waals surface area contributed by atoms with E-state index in [4.69, 9.17) is 23.2 Å². The molecule has 0 bridgehead atoms. The Morgan fingerprint density at radius 1 is 1.35 bits per heavy atom. The molecule has 0 radical (unpaired) electrons. The molecule has 4 heteroatoms. The van der Waals surface area contributed by atoms with Crippen molar-refractivity contribution in [3.63, 3.8) is 0 Å². The molecule has 20 heavy (non-hydrogen) atoms. The highest BCUT2D eigenvalue weighted by molar-refractivity contribution is 6.35. The highest BCUT2D eigenvalue weighted by atomic mass is 35.5. The highest BCUT2D eigenvalue weighted by Gasteiger charge is 2.44. The Morgan fingerprint density at radius 3 is 2.75 bits per heavy atom. The van der Waals surface area contributed by atoms with Gasteiger partial charge in [-0.2, -0.15) is 0 Å². The van der Waals surface area contributed by atoms with Crippen molar-refractivity contribution in [2.45, 2.75) is 38.3 Å². The van der Waals surface area contributed by atoms with E-state index in [-0.39, 0.29) is 5.54 Å². The lowest BCUT2D eigenvalue weighted by atomic mass is 9.91. The van der Waals surface area contributed by atoms with Crippen LogP contribution in [0.3, 0.4) is 0 Å². The monoisotopic (exact) mass is 312 g/mol. The fourth-order valence-corrected chi connectivity index (χ4v) is 3.97. The summed E-state index contributed by atoms with van der Waals surface area (Å²) in [5.74, 6) is 0.846. The Hall–Kier alpha value is -0.280. The lowest BCUT2D eigenvalue weighted by Crippen LogP contribution is -2.60. The average molecular weight is 313 g/mol. The maximum absolute atomic E-state index is 6.36. The summed E-state index contributed by atoms with van der Waals surface area (Å²) in [5.41, 5.74) is 1.45. The minimum Gasteiger partial charge on any atom is -0.309 e. The van der Waals surface area contributed by atoms with Crippen molar-refractivity contribution in [1.29, 1.82) is 0 Å². The van der Waals surface area contributed by atoms with E-state index in [0.29, 0.717) is 11.1 Å². The molecule has 2 fully saturated rings. The van der Waals surface area contributed by atoms with E-state index in [1.54, 1.807) is 0 Å². The molecule has 0 aromatic heterocycles. The third-order valence-corrected chi connectivity index (χ3v) is 5.46. The molecular formula is C16H22Cl2N2. The number of nitrogens with one attached hydrogen (secondary N) is 1. The van der Waals surface area contributed by atoms with Crippen LogP contribution in [0.5, 0.6) is 0 Å². The molecular weight excluding hydrogens is 291 g/mol. The van der Waals surface area contributed by atoms with Crippen LogP contribution < -0.4 is 5.32 Å². The SMILES string of the molecule is CC(c1ccc(Cl)cc1Cl)N1CCNC(C)(C2CC2)C1. The van der Waals surface area contributed by atoms with Gasteiger partial charge in [-0.1, -0.05) is 29.3 Å². The molecule has 1 saturated carbocycles. The number of benzene rings is 1. The summed E-state index contributed by atoms with van der Waals surface area (Å²) >= 11 is 12.4. The molecule has 1 aliphatic heterocycles. The predicted molar refractivity (Wildman–Crippen MR) is 85.6 cm³/mol. The van der Waals surface area contributed by atoms with Crippen LogP contribution in [0.15, 0.2) is 18.2 Å².